The molecule has 0 saturated carbocycles. The standard InChI is InChI=1S/C20H24N2O4S/c1-15-12-22-13-16(11-17(22)14-25-15)21-27(23,24)20-9-7-19(8-10-20)26-18-5-3-2-4-6-18/h2-10,15-17,21H,11-14H2,1H3/t15-,16+,17-/m0/s1. The molecular formula is C20H24N2O4S. The summed E-state index contributed by atoms with van der Waals surface area (Å²) in [4.78, 5) is 2.57. The van der Waals surface area contributed by atoms with E-state index < -0.39 is 10.0 Å². The van der Waals surface area contributed by atoms with E-state index in [1.54, 1.807) is 24.3 Å². The van der Waals surface area contributed by atoms with Crippen LogP contribution in [0.1, 0.15) is 13.3 Å². The number of sulfonamides is 1. The molecule has 6 nitrogen and oxygen atoms in total. The van der Waals surface area contributed by atoms with Gasteiger partial charge < -0.3 is 9.47 Å². The Balaban J connectivity index is 1.40. The van der Waals surface area contributed by atoms with E-state index in [2.05, 4.69) is 9.62 Å². The van der Waals surface area contributed by atoms with Crippen LogP contribution in [0.2, 0.25) is 0 Å². The molecule has 2 saturated heterocycles. The molecule has 0 amide bonds. The lowest BCUT2D eigenvalue weighted by Gasteiger charge is -2.33. The number of morpholine rings is 1. The molecule has 0 bridgehead atoms. The predicted molar refractivity (Wildman–Crippen MR) is 102 cm³/mol. The van der Waals surface area contributed by atoms with Crippen molar-refractivity contribution in [3.63, 3.8) is 0 Å². The van der Waals surface area contributed by atoms with Gasteiger partial charge in [0.15, 0.2) is 0 Å². The molecule has 2 aromatic carbocycles. The number of hydrogen-bond acceptors (Lipinski definition) is 5. The Labute approximate surface area is 160 Å². The maximum atomic E-state index is 12.7. The Morgan fingerprint density at radius 2 is 1.74 bits per heavy atom. The second-order valence-corrected chi connectivity index (χ2v) is 8.91. The van der Waals surface area contributed by atoms with Crippen molar-refractivity contribution < 1.29 is 17.9 Å². The van der Waals surface area contributed by atoms with Crippen LogP contribution in [0.3, 0.4) is 0 Å². The van der Waals surface area contributed by atoms with Gasteiger partial charge >= 0.3 is 0 Å². The molecule has 2 aliphatic heterocycles. The highest BCUT2D eigenvalue weighted by Gasteiger charge is 2.37. The molecule has 27 heavy (non-hydrogen) atoms. The van der Waals surface area contributed by atoms with Crippen LogP contribution in [-0.4, -0.2) is 51.2 Å². The van der Waals surface area contributed by atoms with Gasteiger partial charge in [-0.3, -0.25) is 4.90 Å². The summed E-state index contributed by atoms with van der Waals surface area (Å²) in [6.07, 6.45) is 0.981. The number of nitrogens with zero attached hydrogens (tertiary/aromatic N) is 1. The lowest BCUT2D eigenvalue weighted by Crippen LogP contribution is -2.45. The topological polar surface area (TPSA) is 67.9 Å². The Morgan fingerprint density at radius 1 is 1.04 bits per heavy atom. The SMILES string of the molecule is C[C@H]1CN2C[C@H](NS(=O)(=O)c3ccc(Oc4ccccc4)cc3)C[C@H]2CO1. The van der Waals surface area contributed by atoms with Crippen molar-refractivity contribution in [2.24, 2.45) is 0 Å². The first kappa shape index (κ1) is 18.4. The first-order valence-corrected chi connectivity index (χ1v) is 10.7. The monoisotopic (exact) mass is 388 g/mol. The molecule has 144 valence electrons. The van der Waals surface area contributed by atoms with Gasteiger partial charge in [-0.15, -0.1) is 0 Å². The second kappa shape index (κ2) is 7.59. The van der Waals surface area contributed by atoms with Crippen molar-refractivity contribution in [3.8, 4) is 11.5 Å². The number of benzene rings is 2. The van der Waals surface area contributed by atoms with Gasteiger partial charge in [0.2, 0.25) is 10.0 Å². The van der Waals surface area contributed by atoms with E-state index in [4.69, 9.17) is 9.47 Å². The van der Waals surface area contributed by atoms with Gasteiger partial charge in [0.25, 0.3) is 0 Å². The molecule has 0 aromatic heterocycles. The van der Waals surface area contributed by atoms with E-state index in [1.807, 2.05) is 37.3 Å². The molecular weight excluding hydrogens is 364 g/mol. The molecule has 0 spiro atoms. The fourth-order valence-corrected chi connectivity index (χ4v) is 4.96. The average molecular weight is 388 g/mol. The Kier molecular flexibility index (Phi) is 5.19. The normalized spacial score (nSPS) is 25.9. The van der Waals surface area contributed by atoms with Crippen LogP contribution in [0, 0.1) is 0 Å². The number of fused-ring (bicyclic) bond motifs is 1. The zero-order valence-corrected chi connectivity index (χ0v) is 16.1. The molecule has 3 atom stereocenters. The summed E-state index contributed by atoms with van der Waals surface area (Å²) in [7, 11) is -3.56. The van der Waals surface area contributed by atoms with E-state index in [1.165, 1.54) is 0 Å². The third-order valence-corrected chi connectivity index (χ3v) is 6.56. The fraction of sp³-hybridized carbons (Fsp3) is 0.400. The fourth-order valence-electron chi connectivity index (χ4n) is 3.72. The highest BCUT2D eigenvalue weighted by atomic mass is 32.2. The van der Waals surface area contributed by atoms with E-state index in [9.17, 15) is 8.42 Å². The smallest absolute Gasteiger partial charge is 0.240 e. The second-order valence-electron chi connectivity index (χ2n) is 7.19. The summed E-state index contributed by atoms with van der Waals surface area (Å²) >= 11 is 0. The van der Waals surface area contributed by atoms with Crippen LogP contribution < -0.4 is 9.46 Å². The lowest BCUT2D eigenvalue weighted by molar-refractivity contribution is -0.0390. The third kappa shape index (κ3) is 4.32. The van der Waals surface area contributed by atoms with Crippen molar-refractivity contribution >= 4 is 10.0 Å². The average Bonchev–Trinajstić information content (AvgIpc) is 3.03. The summed E-state index contributed by atoms with van der Waals surface area (Å²) in [5.74, 6) is 1.31. The van der Waals surface area contributed by atoms with Crippen LogP contribution in [0.4, 0.5) is 0 Å². The maximum Gasteiger partial charge on any atom is 0.240 e. The van der Waals surface area contributed by atoms with Crippen molar-refractivity contribution in [2.45, 2.75) is 36.4 Å². The Morgan fingerprint density at radius 3 is 2.48 bits per heavy atom. The minimum atomic E-state index is -3.56. The minimum absolute atomic E-state index is 0.0888. The van der Waals surface area contributed by atoms with Gasteiger partial charge in [0.1, 0.15) is 11.5 Å². The Hall–Kier alpha value is -1.93. The first-order valence-electron chi connectivity index (χ1n) is 9.20. The molecule has 2 aliphatic rings. The van der Waals surface area contributed by atoms with Crippen LogP contribution in [-0.2, 0) is 14.8 Å². The molecule has 0 unspecified atom stereocenters. The van der Waals surface area contributed by atoms with Gasteiger partial charge in [-0.25, -0.2) is 13.1 Å². The molecule has 1 N–H and O–H groups in total. The minimum Gasteiger partial charge on any atom is -0.457 e. The van der Waals surface area contributed by atoms with E-state index in [0.717, 1.165) is 19.5 Å². The summed E-state index contributed by atoms with van der Waals surface area (Å²) < 4.78 is 39.7. The number of hydrogen-bond donors (Lipinski definition) is 1. The van der Waals surface area contributed by atoms with Gasteiger partial charge in [0.05, 0.1) is 17.6 Å². The maximum absolute atomic E-state index is 12.7. The van der Waals surface area contributed by atoms with Crippen LogP contribution in [0.15, 0.2) is 59.5 Å². The van der Waals surface area contributed by atoms with E-state index in [0.29, 0.717) is 24.1 Å². The van der Waals surface area contributed by atoms with Gasteiger partial charge in [0, 0.05) is 25.2 Å². The predicted octanol–water partition coefficient (Wildman–Crippen LogP) is 2.62. The van der Waals surface area contributed by atoms with Crippen molar-refractivity contribution in [2.75, 3.05) is 19.7 Å². The van der Waals surface area contributed by atoms with E-state index in [-0.39, 0.29) is 17.0 Å². The largest absolute Gasteiger partial charge is 0.457 e. The third-order valence-electron chi connectivity index (χ3n) is 5.03. The molecule has 0 aliphatic carbocycles. The lowest BCUT2D eigenvalue weighted by atomic mass is 10.2. The quantitative estimate of drug-likeness (QED) is 0.853. The van der Waals surface area contributed by atoms with Crippen LogP contribution in [0.25, 0.3) is 0 Å². The van der Waals surface area contributed by atoms with Crippen molar-refractivity contribution in [1.29, 1.82) is 0 Å². The number of rotatable bonds is 5. The summed E-state index contributed by atoms with van der Waals surface area (Å²) in [6.45, 7) is 4.30. The highest BCUT2D eigenvalue weighted by Crippen LogP contribution is 2.26. The van der Waals surface area contributed by atoms with E-state index >= 15 is 0 Å². The molecule has 2 heterocycles. The molecule has 0 radical (unpaired) electrons. The Bertz CT molecular complexity index is 871. The van der Waals surface area contributed by atoms with Crippen LogP contribution >= 0.6 is 0 Å². The zero-order chi connectivity index (χ0) is 18.9. The van der Waals surface area contributed by atoms with Gasteiger partial charge in [-0.1, -0.05) is 18.2 Å². The number of ether oxygens (including phenoxy) is 2. The number of nitrogens with one attached hydrogen (secondary N) is 1. The van der Waals surface area contributed by atoms with Gasteiger partial charge in [-0.2, -0.15) is 0 Å². The molecule has 2 fully saturated rings. The van der Waals surface area contributed by atoms with Crippen molar-refractivity contribution in [1.82, 2.24) is 9.62 Å². The molecule has 4 rings (SSSR count). The number of para-hydroxylation sites is 1. The molecule has 2 aromatic rings. The van der Waals surface area contributed by atoms with Crippen molar-refractivity contribution in [3.05, 3.63) is 54.6 Å². The van der Waals surface area contributed by atoms with Gasteiger partial charge in [-0.05, 0) is 49.7 Å². The summed E-state index contributed by atoms with van der Waals surface area (Å²) in [6, 6.07) is 16.1. The zero-order valence-electron chi connectivity index (χ0n) is 15.2. The summed E-state index contributed by atoms with van der Waals surface area (Å²) in [5, 5.41) is 0. The summed E-state index contributed by atoms with van der Waals surface area (Å²) in [5.41, 5.74) is 0. The first-order chi connectivity index (χ1) is 13.0. The van der Waals surface area contributed by atoms with Crippen LogP contribution in [0.5, 0.6) is 11.5 Å². The molecule has 7 heteroatoms. The highest BCUT2D eigenvalue weighted by molar-refractivity contribution is 7.89.